The largest absolute Gasteiger partial charge is 0.494 e. The first-order valence-electron chi connectivity index (χ1n) is 6.81. The Morgan fingerprint density at radius 1 is 1.37 bits per heavy atom. The van der Waals surface area contributed by atoms with Gasteiger partial charge >= 0.3 is 0 Å². The van der Waals surface area contributed by atoms with Gasteiger partial charge in [-0.2, -0.15) is 0 Å². The average Bonchev–Trinajstić information content (AvgIpc) is 2.40. The monoisotopic (exact) mass is 264 g/mol. The molecule has 0 fully saturated rings. The molecule has 0 saturated heterocycles. The van der Waals surface area contributed by atoms with Crippen LogP contribution in [0, 0.1) is 0 Å². The summed E-state index contributed by atoms with van der Waals surface area (Å²) in [5.74, 6) is 0.807. The van der Waals surface area contributed by atoms with Crippen molar-refractivity contribution in [3.8, 4) is 5.75 Å². The lowest BCUT2D eigenvalue weighted by Crippen LogP contribution is -2.41. The molecule has 106 valence electrons. The zero-order valence-corrected chi connectivity index (χ0v) is 12.1. The molecule has 0 saturated carbocycles. The van der Waals surface area contributed by atoms with E-state index in [9.17, 15) is 4.79 Å². The van der Waals surface area contributed by atoms with Crippen molar-refractivity contribution in [3.63, 3.8) is 0 Å². The van der Waals surface area contributed by atoms with E-state index in [1.54, 1.807) is 11.9 Å². The maximum absolute atomic E-state index is 12.1. The second-order valence-electron chi connectivity index (χ2n) is 4.63. The van der Waals surface area contributed by atoms with Gasteiger partial charge < -0.3 is 15.4 Å². The molecule has 1 atom stereocenters. The Hall–Kier alpha value is -1.55. The van der Waals surface area contributed by atoms with Gasteiger partial charge in [-0.3, -0.25) is 4.79 Å². The summed E-state index contributed by atoms with van der Waals surface area (Å²) in [6, 6.07) is 7.36. The Morgan fingerprint density at radius 3 is 2.68 bits per heavy atom. The van der Waals surface area contributed by atoms with Crippen LogP contribution < -0.4 is 10.5 Å². The van der Waals surface area contributed by atoms with Gasteiger partial charge in [0.15, 0.2) is 0 Å². The van der Waals surface area contributed by atoms with Crippen molar-refractivity contribution in [2.45, 2.75) is 39.3 Å². The zero-order chi connectivity index (χ0) is 14.3. The molecule has 4 heteroatoms. The highest BCUT2D eigenvalue weighted by atomic mass is 16.5. The van der Waals surface area contributed by atoms with Crippen molar-refractivity contribution < 1.29 is 9.53 Å². The number of amides is 1. The molecule has 0 bridgehead atoms. The third-order valence-electron chi connectivity index (χ3n) is 2.97. The van der Waals surface area contributed by atoms with Gasteiger partial charge in [0.05, 0.1) is 12.6 Å². The van der Waals surface area contributed by atoms with Crippen molar-refractivity contribution in [1.29, 1.82) is 0 Å². The predicted molar refractivity (Wildman–Crippen MR) is 77.0 cm³/mol. The van der Waals surface area contributed by atoms with Gasteiger partial charge in [0.1, 0.15) is 5.75 Å². The number of nitrogens with two attached hydrogens (primary N) is 1. The molecule has 4 nitrogen and oxygen atoms in total. The van der Waals surface area contributed by atoms with E-state index < -0.39 is 6.04 Å². The lowest BCUT2D eigenvalue weighted by atomic mass is 10.1. The lowest BCUT2D eigenvalue weighted by Gasteiger charge is -2.22. The van der Waals surface area contributed by atoms with Gasteiger partial charge in [0, 0.05) is 19.2 Å². The van der Waals surface area contributed by atoms with E-state index in [0.717, 1.165) is 24.2 Å². The van der Waals surface area contributed by atoms with Gasteiger partial charge in [-0.05, 0) is 19.4 Å². The molecule has 1 amide bonds. The maximum atomic E-state index is 12.1. The molecule has 0 spiro atoms. The van der Waals surface area contributed by atoms with Gasteiger partial charge in [0.2, 0.25) is 5.91 Å². The van der Waals surface area contributed by atoms with Crippen LogP contribution in [0.4, 0.5) is 0 Å². The summed E-state index contributed by atoms with van der Waals surface area (Å²) in [5.41, 5.74) is 6.86. The molecule has 2 N–H and O–H groups in total. The third kappa shape index (κ3) is 4.56. The number of carbonyl (C=O) groups is 1. The Bertz CT molecular complexity index is 407. The Labute approximate surface area is 115 Å². The van der Waals surface area contributed by atoms with Crippen LogP contribution in [0.2, 0.25) is 0 Å². The molecule has 0 radical (unpaired) electrons. The lowest BCUT2D eigenvalue weighted by molar-refractivity contribution is -0.132. The molecule has 19 heavy (non-hydrogen) atoms. The van der Waals surface area contributed by atoms with Gasteiger partial charge in [0.25, 0.3) is 0 Å². The van der Waals surface area contributed by atoms with Gasteiger partial charge in [-0.1, -0.05) is 31.5 Å². The minimum absolute atomic E-state index is 0.0202. The van der Waals surface area contributed by atoms with E-state index in [0.29, 0.717) is 13.2 Å². The standard InChI is InChI=1S/C15H24N2O2/c1-4-8-13(16)15(18)17(3)11-12-9-6-7-10-14(12)19-5-2/h6-7,9-10,13H,4-5,8,11,16H2,1-3H3/t13-/m0/s1. The number of ether oxygens (including phenoxy) is 1. The molecule has 0 unspecified atom stereocenters. The van der Waals surface area contributed by atoms with E-state index in [2.05, 4.69) is 0 Å². The summed E-state index contributed by atoms with van der Waals surface area (Å²) in [7, 11) is 1.78. The molecule has 0 aromatic heterocycles. The second kappa shape index (κ2) is 7.79. The number of para-hydroxylation sites is 1. The van der Waals surface area contributed by atoms with E-state index in [-0.39, 0.29) is 5.91 Å². The summed E-state index contributed by atoms with van der Waals surface area (Å²) in [4.78, 5) is 13.7. The van der Waals surface area contributed by atoms with Crippen molar-refractivity contribution >= 4 is 5.91 Å². The van der Waals surface area contributed by atoms with Crippen molar-refractivity contribution in [2.75, 3.05) is 13.7 Å². The van der Waals surface area contributed by atoms with Crippen LogP contribution in [0.5, 0.6) is 5.75 Å². The molecular weight excluding hydrogens is 240 g/mol. The minimum Gasteiger partial charge on any atom is -0.494 e. The first-order valence-corrected chi connectivity index (χ1v) is 6.81. The number of likely N-dealkylation sites (N-methyl/N-ethyl adjacent to an activating group) is 1. The Kier molecular flexibility index (Phi) is 6.36. The molecule has 1 rings (SSSR count). The summed E-state index contributed by atoms with van der Waals surface area (Å²) in [6.45, 7) is 5.11. The second-order valence-corrected chi connectivity index (χ2v) is 4.63. The number of nitrogens with zero attached hydrogens (tertiary/aromatic N) is 1. The topological polar surface area (TPSA) is 55.6 Å². The molecule has 0 aliphatic heterocycles. The zero-order valence-electron chi connectivity index (χ0n) is 12.1. The molecule has 0 aliphatic rings. The predicted octanol–water partition coefficient (Wildman–Crippen LogP) is 2.17. The first kappa shape index (κ1) is 15.5. The summed E-state index contributed by atoms with van der Waals surface area (Å²) < 4.78 is 5.56. The number of hydrogen-bond acceptors (Lipinski definition) is 3. The molecule has 1 aromatic rings. The van der Waals surface area contributed by atoms with Crippen LogP contribution in [-0.2, 0) is 11.3 Å². The quantitative estimate of drug-likeness (QED) is 0.821. The van der Waals surface area contributed by atoms with Gasteiger partial charge in [-0.25, -0.2) is 0 Å². The third-order valence-corrected chi connectivity index (χ3v) is 2.97. The Balaban J connectivity index is 2.70. The fourth-order valence-corrected chi connectivity index (χ4v) is 1.98. The molecule has 0 heterocycles. The normalized spacial score (nSPS) is 12.0. The number of benzene rings is 1. The molecule has 0 aliphatic carbocycles. The van der Waals surface area contributed by atoms with Crippen LogP contribution in [0.3, 0.4) is 0 Å². The summed E-state index contributed by atoms with van der Waals surface area (Å²) in [5, 5.41) is 0. The van der Waals surface area contributed by atoms with Crippen LogP contribution in [0.15, 0.2) is 24.3 Å². The van der Waals surface area contributed by atoms with Crippen LogP contribution >= 0.6 is 0 Å². The van der Waals surface area contributed by atoms with E-state index in [4.69, 9.17) is 10.5 Å². The number of hydrogen-bond donors (Lipinski definition) is 1. The SMILES string of the molecule is CCC[C@H](N)C(=O)N(C)Cc1ccccc1OCC. The summed E-state index contributed by atoms with van der Waals surface area (Å²) >= 11 is 0. The highest BCUT2D eigenvalue weighted by Gasteiger charge is 2.18. The van der Waals surface area contributed by atoms with Crippen LogP contribution in [0.25, 0.3) is 0 Å². The van der Waals surface area contributed by atoms with Crippen LogP contribution in [0.1, 0.15) is 32.3 Å². The van der Waals surface area contributed by atoms with Gasteiger partial charge in [-0.15, -0.1) is 0 Å². The first-order chi connectivity index (χ1) is 9.10. The number of carbonyl (C=O) groups excluding carboxylic acids is 1. The maximum Gasteiger partial charge on any atom is 0.239 e. The van der Waals surface area contributed by atoms with E-state index in [1.165, 1.54) is 0 Å². The molecule has 1 aromatic carbocycles. The fraction of sp³-hybridized carbons (Fsp3) is 0.533. The Morgan fingerprint density at radius 2 is 2.05 bits per heavy atom. The highest BCUT2D eigenvalue weighted by Crippen LogP contribution is 2.19. The van der Waals surface area contributed by atoms with E-state index >= 15 is 0 Å². The average molecular weight is 264 g/mol. The van der Waals surface area contributed by atoms with Crippen LogP contribution in [-0.4, -0.2) is 30.5 Å². The highest BCUT2D eigenvalue weighted by molar-refractivity contribution is 5.81. The smallest absolute Gasteiger partial charge is 0.239 e. The minimum atomic E-state index is -0.408. The van der Waals surface area contributed by atoms with Crippen molar-refractivity contribution in [1.82, 2.24) is 4.90 Å². The van der Waals surface area contributed by atoms with E-state index in [1.807, 2.05) is 38.1 Å². The number of rotatable bonds is 7. The molecular formula is C15H24N2O2. The van der Waals surface area contributed by atoms with Crippen molar-refractivity contribution in [3.05, 3.63) is 29.8 Å². The van der Waals surface area contributed by atoms with Crippen molar-refractivity contribution in [2.24, 2.45) is 5.73 Å². The summed E-state index contributed by atoms with van der Waals surface area (Å²) in [6.07, 6.45) is 1.63. The fourth-order valence-electron chi connectivity index (χ4n) is 1.98.